The summed E-state index contributed by atoms with van der Waals surface area (Å²) < 4.78 is 11.6. The van der Waals surface area contributed by atoms with Crippen molar-refractivity contribution >= 4 is 22.6 Å². The zero-order valence-corrected chi connectivity index (χ0v) is 15.1. The van der Waals surface area contributed by atoms with Crippen LogP contribution in [0.5, 0.6) is 5.75 Å². The number of hydrogen-bond donors (Lipinski definition) is 1. The Hall–Kier alpha value is -0.330. The third kappa shape index (κ3) is 4.83. The Labute approximate surface area is 141 Å². The maximum absolute atomic E-state index is 10.4. The average molecular weight is 404 g/mol. The van der Waals surface area contributed by atoms with Crippen molar-refractivity contribution in [3.8, 4) is 5.75 Å². The van der Waals surface area contributed by atoms with Crippen LogP contribution < -0.4 is 4.74 Å². The summed E-state index contributed by atoms with van der Waals surface area (Å²) in [5.74, 6) is 2.08. The monoisotopic (exact) mass is 404 g/mol. The van der Waals surface area contributed by atoms with Crippen molar-refractivity contribution in [3.63, 3.8) is 0 Å². The number of hydrogen-bond acceptors (Lipinski definition) is 3. The van der Waals surface area contributed by atoms with Crippen LogP contribution in [0.3, 0.4) is 0 Å². The van der Waals surface area contributed by atoms with E-state index in [0.717, 1.165) is 15.2 Å². The molecule has 0 aromatic heterocycles. The predicted molar refractivity (Wildman–Crippen MR) is 92.9 cm³/mol. The standard InChI is InChI=1S/C17H25IO3/c1-11(17(19)12(2)15-8-16(15)18)9-21-10-13-4-6-14(20-3)7-5-13/h4-7,11-12,15-17,19H,8-10H2,1-3H3/t11-,12-,15+,16+,17-/m0/s1. The average Bonchev–Trinajstić information content (AvgIpc) is 3.23. The highest BCUT2D eigenvalue weighted by molar-refractivity contribution is 14.1. The summed E-state index contributed by atoms with van der Waals surface area (Å²) in [7, 11) is 1.66. The zero-order chi connectivity index (χ0) is 15.4. The van der Waals surface area contributed by atoms with E-state index in [-0.39, 0.29) is 12.0 Å². The Morgan fingerprint density at radius 2 is 1.90 bits per heavy atom. The van der Waals surface area contributed by atoms with E-state index in [1.807, 2.05) is 24.3 Å². The number of ether oxygens (including phenoxy) is 2. The van der Waals surface area contributed by atoms with E-state index >= 15 is 0 Å². The number of alkyl halides is 1. The maximum atomic E-state index is 10.4. The minimum absolute atomic E-state index is 0.169. The van der Waals surface area contributed by atoms with E-state index in [1.165, 1.54) is 6.42 Å². The lowest BCUT2D eigenvalue weighted by molar-refractivity contribution is -0.000642. The third-order valence-electron chi connectivity index (χ3n) is 4.36. The molecular formula is C17H25IO3. The van der Waals surface area contributed by atoms with Gasteiger partial charge in [-0.25, -0.2) is 0 Å². The molecule has 0 saturated heterocycles. The van der Waals surface area contributed by atoms with Gasteiger partial charge in [0.15, 0.2) is 0 Å². The van der Waals surface area contributed by atoms with Crippen molar-refractivity contribution in [3.05, 3.63) is 29.8 Å². The van der Waals surface area contributed by atoms with Gasteiger partial charge in [-0.3, -0.25) is 0 Å². The molecule has 0 bridgehead atoms. The number of rotatable bonds is 8. The fourth-order valence-corrected chi connectivity index (χ4v) is 3.92. The van der Waals surface area contributed by atoms with Crippen LogP contribution in [-0.4, -0.2) is 28.9 Å². The van der Waals surface area contributed by atoms with Gasteiger partial charge in [-0.1, -0.05) is 48.6 Å². The van der Waals surface area contributed by atoms with Crippen LogP contribution in [0, 0.1) is 17.8 Å². The second-order valence-electron chi connectivity index (χ2n) is 6.11. The molecule has 1 N–H and O–H groups in total. The van der Waals surface area contributed by atoms with Gasteiger partial charge in [0.25, 0.3) is 0 Å². The molecule has 1 aromatic rings. The van der Waals surface area contributed by atoms with Crippen molar-refractivity contribution in [1.29, 1.82) is 0 Å². The highest BCUT2D eigenvalue weighted by atomic mass is 127. The van der Waals surface area contributed by atoms with Crippen LogP contribution in [-0.2, 0) is 11.3 Å². The first-order valence-corrected chi connectivity index (χ1v) is 8.80. The van der Waals surface area contributed by atoms with E-state index in [2.05, 4.69) is 36.4 Å². The Kier molecular flexibility index (Phi) is 6.32. The molecule has 1 fully saturated rings. The van der Waals surface area contributed by atoms with Gasteiger partial charge in [0, 0.05) is 9.84 Å². The molecule has 0 amide bonds. The smallest absolute Gasteiger partial charge is 0.118 e. The summed E-state index contributed by atoms with van der Waals surface area (Å²) in [6, 6.07) is 7.89. The molecule has 0 unspecified atom stereocenters. The number of aliphatic hydroxyl groups is 1. The van der Waals surface area contributed by atoms with E-state index in [4.69, 9.17) is 9.47 Å². The summed E-state index contributed by atoms with van der Waals surface area (Å²) in [5.41, 5.74) is 1.13. The lowest BCUT2D eigenvalue weighted by Gasteiger charge is -2.25. The molecule has 0 aliphatic heterocycles. The van der Waals surface area contributed by atoms with Crippen LogP contribution in [0.4, 0.5) is 0 Å². The second-order valence-corrected chi connectivity index (χ2v) is 7.71. The Morgan fingerprint density at radius 1 is 1.29 bits per heavy atom. The minimum atomic E-state index is -0.273. The lowest BCUT2D eigenvalue weighted by atomic mass is 9.90. The molecule has 1 saturated carbocycles. The number of aliphatic hydroxyl groups excluding tert-OH is 1. The fraction of sp³-hybridized carbons (Fsp3) is 0.647. The van der Waals surface area contributed by atoms with Gasteiger partial charge in [-0.2, -0.15) is 0 Å². The van der Waals surface area contributed by atoms with E-state index < -0.39 is 0 Å². The molecule has 1 aliphatic rings. The molecular weight excluding hydrogens is 379 g/mol. The first-order valence-electron chi connectivity index (χ1n) is 7.55. The maximum Gasteiger partial charge on any atom is 0.118 e. The van der Waals surface area contributed by atoms with Crippen molar-refractivity contribution in [2.45, 2.75) is 36.9 Å². The fourth-order valence-electron chi connectivity index (χ4n) is 2.68. The van der Waals surface area contributed by atoms with Crippen LogP contribution in [0.1, 0.15) is 25.8 Å². The van der Waals surface area contributed by atoms with Gasteiger partial charge >= 0.3 is 0 Å². The molecule has 4 heteroatoms. The van der Waals surface area contributed by atoms with Crippen molar-refractivity contribution < 1.29 is 14.6 Å². The Bertz CT molecular complexity index is 434. The van der Waals surface area contributed by atoms with Crippen LogP contribution in [0.15, 0.2) is 24.3 Å². The first-order chi connectivity index (χ1) is 10.0. The lowest BCUT2D eigenvalue weighted by Crippen LogP contribution is -2.30. The molecule has 5 atom stereocenters. The van der Waals surface area contributed by atoms with Gasteiger partial charge in [-0.05, 0) is 36.0 Å². The van der Waals surface area contributed by atoms with Crippen molar-refractivity contribution in [1.82, 2.24) is 0 Å². The van der Waals surface area contributed by atoms with Crippen LogP contribution in [0.2, 0.25) is 0 Å². The number of benzene rings is 1. The Balaban J connectivity index is 1.71. The largest absolute Gasteiger partial charge is 0.497 e. The molecule has 3 nitrogen and oxygen atoms in total. The van der Waals surface area contributed by atoms with Crippen LogP contribution in [0.25, 0.3) is 0 Å². The van der Waals surface area contributed by atoms with E-state index in [1.54, 1.807) is 7.11 Å². The molecule has 0 heterocycles. The zero-order valence-electron chi connectivity index (χ0n) is 13.0. The molecule has 2 rings (SSSR count). The third-order valence-corrected chi connectivity index (χ3v) is 5.80. The topological polar surface area (TPSA) is 38.7 Å². The Morgan fingerprint density at radius 3 is 2.43 bits per heavy atom. The molecule has 21 heavy (non-hydrogen) atoms. The molecule has 1 aromatic carbocycles. The first kappa shape index (κ1) is 17.0. The van der Waals surface area contributed by atoms with E-state index in [0.29, 0.717) is 25.0 Å². The second kappa shape index (κ2) is 7.79. The molecule has 0 spiro atoms. The SMILES string of the molecule is COc1ccc(COC[C@H](C)[C@H](O)[C@@H](C)[C@H]2C[C@H]2I)cc1. The summed E-state index contributed by atoms with van der Waals surface area (Å²) in [5, 5.41) is 10.4. The minimum Gasteiger partial charge on any atom is -0.497 e. The van der Waals surface area contributed by atoms with Gasteiger partial charge in [0.2, 0.25) is 0 Å². The molecule has 118 valence electrons. The van der Waals surface area contributed by atoms with Gasteiger partial charge in [0.1, 0.15) is 5.75 Å². The summed E-state index contributed by atoms with van der Waals surface area (Å²) in [4.78, 5) is 0. The van der Waals surface area contributed by atoms with E-state index in [9.17, 15) is 5.11 Å². The van der Waals surface area contributed by atoms with Crippen LogP contribution >= 0.6 is 22.6 Å². The normalized spacial score (nSPS) is 25.2. The van der Waals surface area contributed by atoms with Gasteiger partial charge in [-0.15, -0.1) is 0 Å². The molecule has 0 radical (unpaired) electrons. The summed E-state index contributed by atoms with van der Waals surface area (Å²) in [6.45, 7) is 5.40. The summed E-state index contributed by atoms with van der Waals surface area (Å²) in [6.07, 6.45) is 0.976. The van der Waals surface area contributed by atoms with Gasteiger partial charge < -0.3 is 14.6 Å². The van der Waals surface area contributed by atoms with Crippen molar-refractivity contribution in [2.75, 3.05) is 13.7 Å². The quantitative estimate of drug-likeness (QED) is 0.531. The molecule has 1 aliphatic carbocycles. The van der Waals surface area contributed by atoms with Crippen molar-refractivity contribution in [2.24, 2.45) is 17.8 Å². The highest BCUT2D eigenvalue weighted by Gasteiger charge is 2.42. The number of methoxy groups -OCH3 is 1. The van der Waals surface area contributed by atoms with Gasteiger partial charge in [0.05, 0.1) is 26.4 Å². The summed E-state index contributed by atoms with van der Waals surface area (Å²) >= 11 is 2.48. The predicted octanol–water partition coefficient (Wildman–Crippen LogP) is 3.67. The number of halogens is 1. The highest BCUT2D eigenvalue weighted by Crippen LogP contribution is 2.45.